The van der Waals surface area contributed by atoms with E-state index in [-0.39, 0.29) is 11.9 Å². The maximum absolute atomic E-state index is 12.3. The molecule has 1 aromatic heterocycles. The molecule has 0 spiro atoms. The number of hydrogen-bond donors (Lipinski definition) is 2. The molecule has 0 bridgehead atoms. The highest BCUT2D eigenvalue weighted by Gasteiger charge is 2.32. The largest absolute Gasteiger partial charge is 0.398 e. The van der Waals surface area contributed by atoms with Crippen molar-refractivity contribution < 1.29 is 4.79 Å². The molecule has 1 amide bonds. The molecule has 5 heteroatoms. The molecule has 1 aromatic rings. The molecule has 2 aliphatic heterocycles. The van der Waals surface area contributed by atoms with Crippen LogP contribution in [0.4, 0.5) is 5.69 Å². The summed E-state index contributed by atoms with van der Waals surface area (Å²) in [6, 6.07) is 2.67. The van der Waals surface area contributed by atoms with Crippen LogP contribution in [0.5, 0.6) is 0 Å². The number of fused-ring (bicyclic) bond motifs is 1. The summed E-state index contributed by atoms with van der Waals surface area (Å²) in [5.41, 5.74) is 7.73. The molecule has 2 fully saturated rings. The van der Waals surface area contributed by atoms with Gasteiger partial charge in [-0.2, -0.15) is 0 Å². The number of aromatic nitrogens is 1. The van der Waals surface area contributed by atoms with Gasteiger partial charge in [0.15, 0.2) is 0 Å². The molecule has 5 nitrogen and oxygen atoms in total. The molecule has 3 rings (SSSR count). The number of hydrogen-bond acceptors (Lipinski definition) is 4. The molecule has 2 atom stereocenters. The van der Waals surface area contributed by atoms with Crippen LogP contribution in [0.15, 0.2) is 12.3 Å². The lowest BCUT2D eigenvalue weighted by Crippen LogP contribution is -2.47. The van der Waals surface area contributed by atoms with E-state index >= 15 is 0 Å². The number of anilines is 1. The van der Waals surface area contributed by atoms with E-state index in [9.17, 15) is 4.79 Å². The van der Waals surface area contributed by atoms with Crippen molar-refractivity contribution in [1.29, 1.82) is 0 Å². The molecule has 3 N–H and O–H groups in total. The van der Waals surface area contributed by atoms with Crippen LogP contribution in [0.25, 0.3) is 0 Å². The second-order valence-electron chi connectivity index (χ2n) is 5.94. The van der Waals surface area contributed by atoms with Crippen molar-refractivity contribution in [1.82, 2.24) is 15.2 Å². The number of carbonyl (C=O) groups excluding carboxylic acids is 1. The van der Waals surface area contributed by atoms with Crippen molar-refractivity contribution in [2.45, 2.75) is 44.7 Å². The fourth-order valence-electron chi connectivity index (χ4n) is 3.39. The van der Waals surface area contributed by atoms with E-state index in [0.717, 1.165) is 25.1 Å². The number of rotatable bonds is 2. The van der Waals surface area contributed by atoms with Crippen LogP contribution >= 0.6 is 0 Å². The van der Waals surface area contributed by atoms with Gasteiger partial charge < -0.3 is 16.0 Å². The van der Waals surface area contributed by atoms with Gasteiger partial charge in [0, 0.05) is 36.2 Å². The SMILES string of the molecule is Cc1cc(N)c(C(=O)NC2CCN3CCCC3C2)cn1. The summed E-state index contributed by atoms with van der Waals surface area (Å²) in [6.45, 7) is 4.19. The van der Waals surface area contributed by atoms with Gasteiger partial charge in [0.2, 0.25) is 0 Å². The lowest BCUT2D eigenvalue weighted by Gasteiger charge is -2.35. The van der Waals surface area contributed by atoms with Gasteiger partial charge in [0.05, 0.1) is 5.56 Å². The van der Waals surface area contributed by atoms with Crippen LogP contribution in [-0.2, 0) is 0 Å². The molecule has 0 aromatic carbocycles. The van der Waals surface area contributed by atoms with Crippen LogP contribution in [0, 0.1) is 6.92 Å². The van der Waals surface area contributed by atoms with Crippen molar-refractivity contribution in [3.8, 4) is 0 Å². The highest BCUT2D eigenvalue weighted by molar-refractivity contribution is 5.99. The summed E-state index contributed by atoms with van der Waals surface area (Å²) < 4.78 is 0. The monoisotopic (exact) mass is 274 g/mol. The summed E-state index contributed by atoms with van der Waals surface area (Å²) >= 11 is 0. The number of nitrogens with one attached hydrogen (secondary N) is 1. The number of nitrogens with two attached hydrogens (primary N) is 1. The molecule has 108 valence electrons. The third-order valence-corrected chi connectivity index (χ3v) is 4.47. The molecule has 2 aliphatic rings. The number of nitrogen functional groups attached to an aromatic ring is 1. The number of aryl methyl sites for hydroxylation is 1. The summed E-state index contributed by atoms with van der Waals surface area (Å²) in [5, 5.41) is 3.12. The Morgan fingerprint density at radius 2 is 2.30 bits per heavy atom. The Hall–Kier alpha value is -1.62. The Morgan fingerprint density at radius 3 is 3.10 bits per heavy atom. The third kappa shape index (κ3) is 2.63. The van der Waals surface area contributed by atoms with Crippen molar-refractivity contribution in [3.05, 3.63) is 23.5 Å². The molecule has 2 saturated heterocycles. The highest BCUT2D eigenvalue weighted by atomic mass is 16.1. The van der Waals surface area contributed by atoms with Gasteiger partial charge in [0.1, 0.15) is 0 Å². The molecular weight excluding hydrogens is 252 g/mol. The first-order valence-corrected chi connectivity index (χ1v) is 7.40. The summed E-state index contributed by atoms with van der Waals surface area (Å²) in [5.74, 6) is -0.0913. The normalized spacial score (nSPS) is 26.2. The Kier molecular flexibility index (Phi) is 3.61. The first-order valence-electron chi connectivity index (χ1n) is 7.40. The predicted molar refractivity (Wildman–Crippen MR) is 78.5 cm³/mol. The van der Waals surface area contributed by atoms with E-state index in [1.165, 1.54) is 19.4 Å². The third-order valence-electron chi connectivity index (χ3n) is 4.47. The molecule has 20 heavy (non-hydrogen) atoms. The van der Waals surface area contributed by atoms with Crippen LogP contribution in [-0.4, -0.2) is 41.0 Å². The summed E-state index contributed by atoms with van der Waals surface area (Å²) in [7, 11) is 0. The molecular formula is C15H22N4O. The Labute approximate surface area is 119 Å². The number of pyridine rings is 1. The first kappa shape index (κ1) is 13.4. The number of piperidine rings is 1. The first-order chi connectivity index (χ1) is 9.63. The van der Waals surface area contributed by atoms with Crippen LogP contribution in [0.1, 0.15) is 41.7 Å². The van der Waals surface area contributed by atoms with Crippen LogP contribution < -0.4 is 11.1 Å². The lowest BCUT2D eigenvalue weighted by atomic mass is 9.97. The predicted octanol–water partition coefficient (Wildman–Crippen LogP) is 1.33. The Balaban J connectivity index is 1.64. The second-order valence-corrected chi connectivity index (χ2v) is 5.94. The van der Waals surface area contributed by atoms with Gasteiger partial charge in [-0.25, -0.2) is 0 Å². The van der Waals surface area contributed by atoms with Gasteiger partial charge in [-0.15, -0.1) is 0 Å². The second kappa shape index (κ2) is 5.40. The molecule has 0 radical (unpaired) electrons. The zero-order chi connectivity index (χ0) is 14.1. The Bertz CT molecular complexity index is 517. The summed E-state index contributed by atoms with van der Waals surface area (Å²) in [4.78, 5) is 19.0. The number of nitrogens with zero attached hydrogens (tertiary/aromatic N) is 2. The minimum absolute atomic E-state index is 0.0913. The van der Waals surface area contributed by atoms with Gasteiger partial charge in [-0.3, -0.25) is 9.78 Å². The van der Waals surface area contributed by atoms with Crippen molar-refractivity contribution in [2.24, 2.45) is 0 Å². The van der Waals surface area contributed by atoms with Gasteiger partial charge >= 0.3 is 0 Å². The van der Waals surface area contributed by atoms with Crippen molar-refractivity contribution >= 4 is 11.6 Å². The molecule has 0 aliphatic carbocycles. The minimum Gasteiger partial charge on any atom is -0.398 e. The van der Waals surface area contributed by atoms with Gasteiger partial charge in [-0.05, 0) is 45.2 Å². The molecule has 3 heterocycles. The quantitative estimate of drug-likeness (QED) is 0.853. The summed E-state index contributed by atoms with van der Waals surface area (Å²) in [6.07, 6.45) is 6.22. The van der Waals surface area contributed by atoms with E-state index in [1.54, 1.807) is 12.3 Å². The maximum atomic E-state index is 12.3. The van der Waals surface area contributed by atoms with Crippen LogP contribution in [0.2, 0.25) is 0 Å². The maximum Gasteiger partial charge on any atom is 0.255 e. The Morgan fingerprint density at radius 1 is 1.45 bits per heavy atom. The minimum atomic E-state index is -0.0913. The van der Waals surface area contributed by atoms with E-state index in [1.807, 2.05) is 6.92 Å². The standard InChI is InChI=1S/C15H22N4O/c1-10-7-14(16)13(9-17-10)15(20)18-11-4-6-19-5-2-3-12(19)8-11/h7,9,11-12H,2-6,8H2,1H3,(H2,16,17)(H,18,20). The van der Waals surface area contributed by atoms with Gasteiger partial charge in [-0.1, -0.05) is 0 Å². The van der Waals surface area contributed by atoms with Gasteiger partial charge in [0.25, 0.3) is 5.91 Å². The fourth-order valence-corrected chi connectivity index (χ4v) is 3.39. The average Bonchev–Trinajstić information content (AvgIpc) is 2.85. The fraction of sp³-hybridized carbons (Fsp3) is 0.600. The topological polar surface area (TPSA) is 71.2 Å². The molecule has 2 unspecified atom stereocenters. The lowest BCUT2D eigenvalue weighted by molar-refractivity contribution is 0.0897. The van der Waals surface area contributed by atoms with Crippen molar-refractivity contribution in [3.63, 3.8) is 0 Å². The van der Waals surface area contributed by atoms with Crippen LogP contribution in [0.3, 0.4) is 0 Å². The smallest absolute Gasteiger partial charge is 0.255 e. The van der Waals surface area contributed by atoms with E-state index in [0.29, 0.717) is 17.3 Å². The van der Waals surface area contributed by atoms with E-state index in [2.05, 4.69) is 15.2 Å². The van der Waals surface area contributed by atoms with Crippen molar-refractivity contribution in [2.75, 3.05) is 18.8 Å². The number of carbonyl (C=O) groups is 1. The average molecular weight is 274 g/mol. The van der Waals surface area contributed by atoms with E-state index < -0.39 is 0 Å². The highest BCUT2D eigenvalue weighted by Crippen LogP contribution is 2.27. The number of amides is 1. The zero-order valence-corrected chi connectivity index (χ0v) is 11.9. The zero-order valence-electron chi connectivity index (χ0n) is 11.9. The van der Waals surface area contributed by atoms with E-state index in [4.69, 9.17) is 5.73 Å². The molecule has 0 saturated carbocycles.